The molecular formula is C24H26ClFN4O2. The average Bonchev–Trinajstić information content (AvgIpc) is 3.56. The van der Waals surface area contributed by atoms with Crippen LogP contribution in [0.1, 0.15) is 31.2 Å². The summed E-state index contributed by atoms with van der Waals surface area (Å²) in [6.45, 7) is 2.50. The molecule has 2 aromatic rings. The number of nitrogens with zero attached hydrogens (tertiary/aromatic N) is 3. The molecule has 1 aliphatic carbocycles. The van der Waals surface area contributed by atoms with Crippen LogP contribution in [-0.2, 0) is 11.2 Å². The van der Waals surface area contributed by atoms with Gasteiger partial charge >= 0.3 is 0 Å². The van der Waals surface area contributed by atoms with E-state index in [1.165, 1.54) is 12.5 Å². The lowest BCUT2D eigenvalue weighted by atomic mass is 9.90. The first kappa shape index (κ1) is 22.3. The third-order valence-corrected chi connectivity index (χ3v) is 6.55. The summed E-state index contributed by atoms with van der Waals surface area (Å²) in [6, 6.07) is 6.64. The van der Waals surface area contributed by atoms with E-state index in [0.717, 1.165) is 50.1 Å². The SMILES string of the molecule is C#CNC(=O)Cc1ccc(OCCC2CC2C2CCN(c3ncc(Cl)cn3)CC2)cc1F. The highest BCUT2D eigenvalue weighted by Gasteiger charge is 2.43. The van der Waals surface area contributed by atoms with Gasteiger partial charge in [-0.3, -0.25) is 10.1 Å². The Bertz CT molecular complexity index is 986. The second-order valence-corrected chi connectivity index (χ2v) is 8.88. The Hall–Kier alpha value is -2.85. The van der Waals surface area contributed by atoms with Crippen molar-refractivity contribution in [3.05, 3.63) is 47.0 Å². The number of rotatable bonds is 8. The predicted molar refractivity (Wildman–Crippen MR) is 121 cm³/mol. The van der Waals surface area contributed by atoms with Crippen molar-refractivity contribution in [1.29, 1.82) is 0 Å². The zero-order valence-corrected chi connectivity index (χ0v) is 18.5. The van der Waals surface area contributed by atoms with Crippen molar-refractivity contribution in [2.24, 2.45) is 17.8 Å². The van der Waals surface area contributed by atoms with Crippen LogP contribution in [0.25, 0.3) is 0 Å². The minimum atomic E-state index is -0.463. The van der Waals surface area contributed by atoms with Gasteiger partial charge in [-0.05, 0) is 55.1 Å². The summed E-state index contributed by atoms with van der Waals surface area (Å²) in [5, 5.41) is 2.76. The van der Waals surface area contributed by atoms with Crippen LogP contribution in [0.2, 0.25) is 5.02 Å². The highest BCUT2D eigenvalue weighted by atomic mass is 35.5. The van der Waals surface area contributed by atoms with Gasteiger partial charge in [-0.15, -0.1) is 0 Å². The molecule has 1 aliphatic heterocycles. The third kappa shape index (κ3) is 5.68. The number of hydrogen-bond donors (Lipinski definition) is 1. The molecule has 2 unspecified atom stereocenters. The monoisotopic (exact) mass is 456 g/mol. The number of anilines is 1. The minimum absolute atomic E-state index is 0.0942. The van der Waals surface area contributed by atoms with Crippen LogP contribution >= 0.6 is 11.6 Å². The zero-order valence-electron chi connectivity index (χ0n) is 17.8. The number of ether oxygens (including phenoxy) is 1. The fourth-order valence-electron chi connectivity index (χ4n) is 4.56. The quantitative estimate of drug-likeness (QED) is 0.483. The highest BCUT2D eigenvalue weighted by Crippen LogP contribution is 2.49. The van der Waals surface area contributed by atoms with E-state index in [1.54, 1.807) is 24.5 Å². The van der Waals surface area contributed by atoms with Crippen LogP contribution < -0.4 is 15.0 Å². The van der Waals surface area contributed by atoms with Crippen LogP contribution in [0, 0.1) is 36.0 Å². The van der Waals surface area contributed by atoms with Crippen LogP contribution in [0.5, 0.6) is 5.75 Å². The summed E-state index contributed by atoms with van der Waals surface area (Å²) in [5.74, 6) is 2.52. The lowest BCUT2D eigenvalue weighted by Crippen LogP contribution is -2.35. The Kier molecular flexibility index (Phi) is 7.11. The van der Waals surface area contributed by atoms with E-state index in [1.807, 2.05) is 6.04 Å². The molecule has 1 aromatic heterocycles. The van der Waals surface area contributed by atoms with E-state index in [0.29, 0.717) is 28.9 Å². The number of halogens is 2. The lowest BCUT2D eigenvalue weighted by Gasteiger charge is -2.32. The topological polar surface area (TPSA) is 67.3 Å². The van der Waals surface area contributed by atoms with Crippen molar-refractivity contribution >= 4 is 23.5 Å². The molecule has 1 aromatic carbocycles. The molecule has 32 heavy (non-hydrogen) atoms. The fourth-order valence-corrected chi connectivity index (χ4v) is 4.66. The number of aromatic nitrogens is 2. The van der Waals surface area contributed by atoms with Gasteiger partial charge in [0, 0.05) is 25.2 Å². The first-order valence-electron chi connectivity index (χ1n) is 10.9. The number of hydrogen-bond acceptors (Lipinski definition) is 5. The largest absolute Gasteiger partial charge is 0.493 e. The fraction of sp³-hybridized carbons (Fsp3) is 0.458. The Labute approximate surface area is 192 Å². The van der Waals surface area contributed by atoms with Gasteiger partial charge in [-0.1, -0.05) is 24.1 Å². The van der Waals surface area contributed by atoms with Gasteiger partial charge in [-0.25, -0.2) is 14.4 Å². The van der Waals surface area contributed by atoms with E-state index in [2.05, 4.69) is 20.2 Å². The van der Waals surface area contributed by atoms with Crippen LogP contribution in [0.3, 0.4) is 0 Å². The van der Waals surface area contributed by atoms with Gasteiger partial charge in [0.15, 0.2) is 0 Å². The number of amides is 1. The first-order chi connectivity index (χ1) is 15.5. The second kappa shape index (κ2) is 10.2. The van der Waals surface area contributed by atoms with Gasteiger partial charge in [0.25, 0.3) is 0 Å². The molecule has 2 atom stereocenters. The van der Waals surface area contributed by atoms with E-state index in [-0.39, 0.29) is 6.42 Å². The molecule has 2 fully saturated rings. The Morgan fingerprint density at radius 1 is 1.31 bits per heavy atom. The van der Waals surface area contributed by atoms with E-state index < -0.39 is 11.7 Å². The zero-order chi connectivity index (χ0) is 22.5. The molecular weight excluding hydrogens is 431 g/mol. The van der Waals surface area contributed by atoms with Crippen molar-refractivity contribution in [2.45, 2.75) is 32.1 Å². The van der Waals surface area contributed by atoms with Gasteiger partial charge < -0.3 is 9.64 Å². The number of benzene rings is 1. The van der Waals surface area contributed by atoms with Crippen molar-refractivity contribution in [1.82, 2.24) is 15.3 Å². The average molecular weight is 457 g/mol. The van der Waals surface area contributed by atoms with E-state index >= 15 is 0 Å². The van der Waals surface area contributed by atoms with Gasteiger partial charge in [0.2, 0.25) is 11.9 Å². The molecule has 8 heteroatoms. The van der Waals surface area contributed by atoms with Crippen LogP contribution in [-0.4, -0.2) is 35.6 Å². The van der Waals surface area contributed by atoms with Crippen molar-refractivity contribution in [3.8, 4) is 18.2 Å². The lowest BCUT2D eigenvalue weighted by molar-refractivity contribution is -0.119. The summed E-state index contributed by atoms with van der Waals surface area (Å²) in [4.78, 5) is 22.4. The van der Waals surface area contributed by atoms with Gasteiger partial charge in [0.1, 0.15) is 11.6 Å². The Balaban J connectivity index is 1.17. The Morgan fingerprint density at radius 2 is 2.06 bits per heavy atom. The molecule has 1 saturated heterocycles. The molecule has 2 heterocycles. The third-order valence-electron chi connectivity index (χ3n) is 6.36. The Morgan fingerprint density at radius 3 is 2.75 bits per heavy atom. The number of carbonyl (C=O) groups is 1. The molecule has 1 saturated carbocycles. The highest BCUT2D eigenvalue weighted by molar-refractivity contribution is 6.30. The second-order valence-electron chi connectivity index (χ2n) is 8.45. The van der Waals surface area contributed by atoms with E-state index in [9.17, 15) is 9.18 Å². The summed E-state index contributed by atoms with van der Waals surface area (Å²) >= 11 is 5.87. The molecule has 168 valence electrons. The first-order valence-corrected chi connectivity index (χ1v) is 11.3. The maximum Gasteiger partial charge on any atom is 0.235 e. The molecule has 4 rings (SSSR count). The predicted octanol–water partition coefficient (Wildman–Crippen LogP) is 3.84. The standard InChI is InChI=1S/C24H26ClFN4O2/c1-2-27-23(31)12-18-3-4-20(13-22(18)26)32-10-7-17-11-21(17)16-5-8-30(9-6-16)24-28-14-19(25)15-29-24/h1,3-4,13-17,21H,5-12H2,(H,27,31). The summed E-state index contributed by atoms with van der Waals surface area (Å²) in [5.41, 5.74) is 0.294. The number of terminal acetylenes is 1. The molecule has 1 N–H and O–H groups in total. The van der Waals surface area contributed by atoms with Gasteiger partial charge in [-0.2, -0.15) is 0 Å². The maximum absolute atomic E-state index is 14.2. The van der Waals surface area contributed by atoms with Crippen molar-refractivity contribution < 1.29 is 13.9 Å². The summed E-state index contributed by atoms with van der Waals surface area (Å²) in [6.07, 6.45) is 12.7. The smallest absolute Gasteiger partial charge is 0.235 e. The maximum atomic E-state index is 14.2. The molecule has 2 aliphatic rings. The molecule has 0 spiro atoms. The summed E-state index contributed by atoms with van der Waals surface area (Å²) < 4.78 is 20.0. The minimum Gasteiger partial charge on any atom is -0.493 e. The molecule has 1 amide bonds. The number of piperidine rings is 1. The molecule has 0 bridgehead atoms. The number of carbonyl (C=O) groups excluding carboxylic acids is 1. The van der Waals surface area contributed by atoms with Crippen LogP contribution in [0.15, 0.2) is 30.6 Å². The van der Waals surface area contributed by atoms with Crippen molar-refractivity contribution in [3.63, 3.8) is 0 Å². The van der Waals surface area contributed by atoms with Gasteiger partial charge in [0.05, 0.1) is 30.4 Å². The molecule has 0 radical (unpaired) electrons. The normalized spacial score (nSPS) is 20.5. The van der Waals surface area contributed by atoms with Crippen molar-refractivity contribution in [2.75, 3.05) is 24.6 Å². The summed E-state index contributed by atoms with van der Waals surface area (Å²) in [7, 11) is 0. The van der Waals surface area contributed by atoms with E-state index in [4.69, 9.17) is 22.8 Å². The molecule has 6 nitrogen and oxygen atoms in total. The van der Waals surface area contributed by atoms with Crippen LogP contribution in [0.4, 0.5) is 10.3 Å². The number of nitrogens with one attached hydrogen (secondary N) is 1.